The van der Waals surface area contributed by atoms with Crippen LogP contribution in [-0.2, 0) is 22.4 Å². The molecule has 158 valence electrons. The first kappa shape index (κ1) is 21.8. The molecule has 3 N–H and O–H groups in total. The van der Waals surface area contributed by atoms with E-state index >= 15 is 0 Å². The number of benzene rings is 1. The van der Waals surface area contributed by atoms with E-state index in [0.29, 0.717) is 10.6 Å². The minimum absolute atomic E-state index is 0.0360. The number of carbonyl (C=O) groups is 2. The Labute approximate surface area is 181 Å². The van der Waals surface area contributed by atoms with Crippen molar-refractivity contribution >= 4 is 39.5 Å². The maximum absolute atomic E-state index is 12.7. The van der Waals surface area contributed by atoms with Crippen LogP contribution in [0.15, 0.2) is 24.3 Å². The lowest BCUT2D eigenvalue weighted by Crippen LogP contribution is -2.31. The van der Waals surface area contributed by atoms with Crippen molar-refractivity contribution in [2.45, 2.75) is 58.9 Å². The number of fused-ring (bicyclic) bond motifs is 1. The number of hydrogen-bond acceptors (Lipinski definition) is 5. The Kier molecular flexibility index (Phi) is 7.11. The van der Waals surface area contributed by atoms with Crippen LogP contribution in [0.5, 0.6) is 0 Å². The first-order valence-electron chi connectivity index (χ1n) is 10.4. The van der Waals surface area contributed by atoms with Crippen molar-refractivity contribution in [3.8, 4) is 6.07 Å². The van der Waals surface area contributed by atoms with Gasteiger partial charge in [-0.1, -0.05) is 20.3 Å². The molecule has 0 radical (unpaired) electrons. The average Bonchev–Trinajstić information content (AvgIpc) is 2.88. The second-order valence-corrected chi connectivity index (χ2v) is 9.06. The number of hydrogen-bond donors (Lipinski definition) is 3. The summed E-state index contributed by atoms with van der Waals surface area (Å²) in [6, 6.07) is 9.08. The normalized spacial score (nSPS) is 14.2. The molecule has 2 aromatic rings. The molecule has 0 saturated carbocycles. The number of amides is 2. The van der Waals surface area contributed by atoms with Crippen molar-refractivity contribution in [3.05, 3.63) is 40.3 Å². The molecule has 0 unspecified atom stereocenters. The molecule has 1 atom stereocenters. The summed E-state index contributed by atoms with van der Waals surface area (Å²) in [7, 11) is 0. The Morgan fingerprint density at radius 1 is 0.967 bits per heavy atom. The third-order valence-corrected chi connectivity index (χ3v) is 6.43. The molecule has 6 nitrogen and oxygen atoms in total. The van der Waals surface area contributed by atoms with Gasteiger partial charge in [-0.2, -0.15) is 5.26 Å². The largest absolute Gasteiger partial charge is 0.374 e. The van der Waals surface area contributed by atoms with Gasteiger partial charge in [-0.15, -0.1) is 11.3 Å². The number of nitrogens with one attached hydrogen (secondary N) is 3. The van der Waals surface area contributed by atoms with E-state index in [0.717, 1.165) is 42.6 Å². The molecule has 1 aromatic carbocycles. The predicted octanol–water partition coefficient (Wildman–Crippen LogP) is 4.92. The third-order valence-electron chi connectivity index (χ3n) is 5.22. The molecule has 1 aliphatic carbocycles. The van der Waals surface area contributed by atoms with Crippen molar-refractivity contribution in [1.29, 1.82) is 5.26 Å². The van der Waals surface area contributed by atoms with E-state index in [9.17, 15) is 14.9 Å². The third kappa shape index (κ3) is 5.19. The molecule has 1 aliphatic rings. The van der Waals surface area contributed by atoms with Gasteiger partial charge >= 0.3 is 0 Å². The van der Waals surface area contributed by atoms with Crippen LogP contribution in [0, 0.1) is 17.2 Å². The van der Waals surface area contributed by atoms with Crippen LogP contribution in [0.4, 0.5) is 16.4 Å². The molecule has 30 heavy (non-hydrogen) atoms. The van der Waals surface area contributed by atoms with E-state index in [-0.39, 0.29) is 17.7 Å². The van der Waals surface area contributed by atoms with Gasteiger partial charge in [-0.25, -0.2) is 0 Å². The summed E-state index contributed by atoms with van der Waals surface area (Å²) in [5.41, 5.74) is 3.25. The van der Waals surface area contributed by atoms with E-state index < -0.39 is 6.04 Å². The Balaban J connectivity index is 1.63. The van der Waals surface area contributed by atoms with Gasteiger partial charge in [0.05, 0.1) is 5.56 Å². The van der Waals surface area contributed by atoms with Gasteiger partial charge < -0.3 is 16.0 Å². The SMILES string of the molecule is CC(C)C(=O)Nc1ccc(N[C@H](C)C(=O)Nc2sc3c(c2C#N)CCCCC3)cc1. The fourth-order valence-electron chi connectivity index (χ4n) is 3.42. The smallest absolute Gasteiger partial charge is 0.247 e. The van der Waals surface area contributed by atoms with Crippen LogP contribution in [0.3, 0.4) is 0 Å². The van der Waals surface area contributed by atoms with E-state index in [1.54, 1.807) is 19.1 Å². The number of carbonyl (C=O) groups excluding carboxylic acids is 2. The zero-order valence-electron chi connectivity index (χ0n) is 17.7. The van der Waals surface area contributed by atoms with E-state index in [2.05, 4.69) is 22.0 Å². The Morgan fingerprint density at radius 2 is 1.63 bits per heavy atom. The fraction of sp³-hybridized carbons (Fsp3) is 0.435. The maximum atomic E-state index is 12.7. The van der Waals surface area contributed by atoms with Gasteiger partial charge in [0, 0.05) is 22.2 Å². The van der Waals surface area contributed by atoms with Crippen molar-refractivity contribution in [2.24, 2.45) is 5.92 Å². The van der Waals surface area contributed by atoms with E-state index in [1.807, 2.05) is 26.0 Å². The molecule has 0 fully saturated rings. The van der Waals surface area contributed by atoms with E-state index in [1.165, 1.54) is 22.6 Å². The molecule has 3 rings (SSSR count). The van der Waals surface area contributed by atoms with Gasteiger partial charge in [0.25, 0.3) is 0 Å². The zero-order valence-corrected chi connectivity index (χ0v) is 18.5. The van der Waals surface area contributed by atoms with Crippen molar-refractivity contribution in [1.82, 2.24) is 0 Å². The van der Waals surface area contributed by atoms with Crippen molar-refractivity contribution in [2.75, 3.05) is 16.0 Å². The van der Waals surface area contributed by atoms with Gasteiger partial charge in [0.1, 0.15) is 17.1 Å². The van der Waals surface area contributed by atoms with Gasteiger partial charge in [0.2, 0.25) is 11.8 Å². The van der Waals surface area contributed by atoms with Crippen LogP contribution in [0.2, 0.25) is 0 Å². The summed E-state index contributed by atoms with van der Waals surface area (Å²) in [4.78, 5) is 25.7. The number of rotatable bonds is 6. The van der Waals surface area contributed by atoms with Crippen LogP contribution < -0.4 is 16.0 Å². The number of nitrogens with zero attached hydrogens (tertiary/aromatic N) is 1. The molecule has 0 spiro atoms. The maximum Gasteiger partial charge on any atom is 0.247 e. The highest BCUT2D eigenvalue weighted by Gasteiger charge is 2.22. The van der Waals surface area contributed by atoms with E-state index in [4.69, 9.17) is 0 Å². The molecule has 2 amide bonds. The van der Waals surface area contributed by atoms with Gasteiger partial charge in [-0.3, -0.25) is 9.59 Å². The minimum Gasteiger partial charge on any atom is -0.374 e. The van der Waals surface area contributed by atoms with Crippen LogP contribution >= 0.6 is 11.3 Å². The molecule has 0 bridgehead atoms. The zero-order chi connectivity index (χ0) is 21.7. The van der Waals surface area contributed by atoms with Gasteiger partial charge in [0.15, 0.2) is 0 Å². The van der Waals surface area contributed by atoms with Crippen LogP contribution in [0.25, 0.3) is 0 Å². The molecular weight excluding hydrogens is 396 g/mol. The highest BCUT2D eigenvalue weighted by Crippen LogP contribution is 2.37. The highest BCUT2D eigenvalue weighted by atomic mass is 32.1. The Bertz CT molecular complexity index is 957. The van der Waals surface area contributed by atoms with Crippen molar-refractivity contribution in [3.63, 3.8) is 0 Å². The van der Waals surface area contributed by atoms with Crippen molar-refractivity contribution < 1.29 is 9.59 Å². The second kappa shape index (κ2) is 9.77. The molecule has 0 saturated heterocycles. The Morgan fingerprint density at radius 3 is 2.30 bits per heavy atom. The molecule has 1 aromatic heterocycles. The standard InChI is InChI=1S/C23H28N4O2S/c1-14(2)21(28)26-17-11-9-16(10-12-17)25-15(3)22(29)27-23-19(13-24)18-7-5-4-6-8-20(18)30-23/h9-12,14-15,25H,4-8H2,1-3H3,(H,26,28)(H,27,29)/t15-/m1/s1. The topological polar surface area (TPSA) is 94.0 Å². The van der Waals surface area contributed by atoms with Gasteiger partial charge in [-0.05, 0) is 62.4 Å². The second-order valence-electron chi connectivity index (χ2n) is 7.96. The first-order chi connectivity index (χ1) is 14.4. The summed E-state index contributed by atoms with van der Waals surface area (Å²) in [6.45, 7) is 5.47. The molecule has 0 aliphatic heterocycles. The van der Waals surface area contributed by atoms with Crippen LogP contribution in [-0.4, -0.2) is 17.9 Å². The molecule has 1 heterocycles. The number of aryl methyl sites for hydroxylation is 1. The number of anilines is 3. The first-order valence-corrected chi connectivity index (χ1v) is 11.2. The summed E-state index contributed by atoms with van der Waals surface area (Å²) in [5.74, 6) is -0.302. The quantitative estimate of drug-likeness (QED) is 0.574. The van der Waals surface area contributed by atoms with Crippen LogP contribution in [0.1, 0.15) is 56.0 Å². The lowest BCUT2D eigenvalue weighted by molar-refractivity contribution is -0.119. The molecular formula is C23H28N4O2S. The summed E-state index contributed by atoms with van der Waals surface area (Å²) >= 11 is 1.54. The monoisotopic (exact) mass is 424 g/mol. The highest BCUT2D eigenvalue weighted by molar-refractivity contribution is 7.16. The average molecular weight is 425 g/mol. The minimum atomic E-state index is -0.477. The molecule has 7 heteroatoms. The summed E-state index contributed by atoms with van der Waals surface area (Å²) in [6.07, 6.45) is 5.32. The number of thiophene rings is 1. The lowest BCUT2D eigenvalue weighted by Gasteiger charge is -2.15. The summed E-state index contributed by atoms with van der Waals surface area (Å²) < 4.78 is 0. The summed E-state index contributed by atoms with van der Waals surface area (Å²) in [5, 5.41) is 19.2. The fourth-order valence-corrected chi connectivity index (χ4v) is 4.66. The Hall–Kier alpha value is -2.85. The predicted molar refractivity (Wildman–Crippen MR) is 122 cm³/mol. The number of nitriles is 1. The lowest BCUT2D eigenvalue weighted by atomic mass is 10.1.